The van der Waals surface area contributed by atoms with Gasteiger partial charge in [0.15, 0.2) is 0 Å². The van der Waals surface area contributed by atoms with E-state index in [-0.39, 0.29) is 5.91 Å². The van der Waals surface area contributed by atoms with Crippen LogP contribution in [-0.4, -0.2) is 27.9 Å². The second-order valence-electron chi connectivity index (χ2n) is 4.41. The number of hydrogen-bond acceptors (Lipinski definition) is 5. The van der Waals surface area contributed by atoms with Gasteiger partial charge in [-0.2, -0.15) is 0 Å². The first kappa shape index (κ1) is 13.9. The number of anilines is 1. The highest BCUT2D eigenvalue weighted by atomic mass is 16.1. The summed E-state index contributed by atoms with van der Waals surface area (Å²) in [5.41, 5.74) is 2.15. The number of aromatic nitrogens is 3. The number of aryl methyl sites for hydroxylation is 2. The molecule has 1 amide bonds. The van der Waals surface area contributed by atoms with E-state index < -0.39 is 0 Å². The second kappa shape index (κ2) is 6.10. The van der Waals surface area contributed by atoms with E-state index in [0.29, 0.717) is 23.8 Å². The molecule has 0 spiro atoms. The molecule has 0 saturated heterocycles. The zero-order valence-corrected chi connectivity index (χ0v) is 11.8. The predicted molar refractivity (Wildman–Crippen MR) is 76.5 cm³/mol. The lowest BCUT2D eigenvalue weighted by molar-refractivity contribution is 0.0950. The lowest BCUT2D eigenvalue weighted by atomic mass is 10.2. The van der Waals surface area contributed by atoms with Crippen molar-refractivity contribution in [1.29, 1.82) is 0 Å². The van der Waals surface area contributed by atoms with Crippen molar-refractivity contribution in [2.45, 2.75) is 20.4 Å². The molecule has 2 N–H and O–H groups in total. The average Bonchev–Trinajstić information content (AvgIpc) is 2.44. The molecule has 0 aliphatic carbocycles. The number of amides is 1. The zero-order chi connectivity index (χ0) is 14.5. The minimum absolute atomic E-state index is 0.150. The van der Waals surface area contributed by atoms with E-state index in [1.807, 2.05) is 13.8 Å². The van der Waals surface area contributed by atoms with E-state index >= 15 is 0 Å². The zero-order valence-electron chi connectivity index (χ0n) is 11.8. The molecule has 0 aliphatic rings. The van der Waals surface area contributed by atoms with Crippen molar-refractivity contribution in [3.8, 4) is 0 Å². The van der Waals surface area contributed by atoms with Gasteiger partial charge in [0.2, 0.25) is 0 Å². The Morgan fingerprint density at radius 1 is 1.25 bits per heavy atom. The van der Waals surface area contributed by atoms with Gasteiger partial charge < -0.3 is 10.6 Å². The van der Waals surface area contributed by atoms with E-state index in [4.69, 9.17) is 0 Å². The SMILES string of the molecule is CNc1cc(C(=O)NCc2ccnc(C)n2)cc(C)n1. The lowest BCUT2D eigenvalue weighted by Crippen LogP contribution is -2.23. The van der Waals surface area contributed by atoms with E-state index in [2.05, 4.69) is 25.6 Å². The van der Waals surface area contributed by atoms with Crippen LogP contribution in [0.2, 0.25) is 0 Å². The Hall–Kier alpha value is -2.50. The first-order valence-electron chi connectivity index (χ1n) is 6.31. The standard InChI is InChI=1S/C14H17N5O/c1-9-6-11(7-13(15-3)18-9)14(20)17-8-12-4-5-16-10(2)19-12/h4-7H,8H2,1-3H3,(H,15,18)(H,17,20). The normalized spacial score (nSPS) is 10.2. The minimum Gasteiger partial charge on any atom is -0.373 e. The van der Waals surface area contributed by atoms with Gasteiger partial charge in [0, 0.05) is 24.5 Å². The van der Waals surface area contributed by atoms with Gasteiger partial charge in [-0.3, -0.25) is 4.79 Å². The van der Waals surface area contributed by atoms with Crippen LogP contribution in [0.5, 0.6) is 0 Å². The first-order valence-corrected chi connectivity index (χ1v) is 6.31. The molecule has 2 aromatic rings. The van der Waals surface area contributed by atoms with Crippen molar-refractivity contribution >= 4 is 11.7 Å². The van der Waals surface area contributed by atoms with Gasteiger partial charge in [0.1, 0.15) is 11.6 Å². The summed E-state index contributed by atoms with van der Waals surface area (Å²) in [6.07, 6.45) is 1.68. The first-order chi connectivity index (χ1) is 9.58. The molecule has 0 fully saturated rings. The summed E-state index contributed by atoms with van der Waals surface area (Å²) in [7, 11) is 1.77. The van der Waals surface area contributed by atoms with E-state index in [9.17, 15) is 4.79 Å². The van der Waals surface area contributed by atoms with Crippen molar-refractivity contribution in [1.82, 2.24) is 20.3 Å². The number of hydrogen-bond donors (Lipinski definition) is 2. The largest absolute Gasteiger partial charge is 0.373 e. The topological polar surface area (TPSA) is 79.8 Å². The molecule has 2 aromatic heterocycles. The highest BCUT2D eigenvalue weighted by Crippen LogP contribution is 2.09. The third-order valence-corrected chi connectivity index (χ3v) is 2.74. The smallest absolute Gasteiger partial charge is 0.251 e. The summed E-state index contributed by atoms with van der Waals surface area (Å²) < 4.78 is 0. The van der Waals surface area contributed by atoms with Crippen molar-refractivity contribution in [3.63, 3.8) is 0 Å². The fourth-order valence-electron chi connectivity index (χ4n) is 1.80. The Morgan fingerprint density at radius 2 is 2.05 bits per heavy atom. The molecule has 104 valence electrons. The number of carbonyl (C=O) groups excluding carboxylic acids is 1. The molecule has 0 unspecified atom stereocenters. The Labute approximate surface area is 117 Å². The highest BCUT2D eigenvalue weighted by molar-refractivity contribution is 5.94. The lowest BCUT2D eigenvalue weighted by Gasteiger charge is -2.08. The summed E-state index contributed by atoms with van der Waals surface area (Å²) in [6, 6.07) is 5.25. The maximum Gasteiger partial charge on any atom is 0.251 e. The molecule has 2 rings (SSSR count). The van der Waals surface area contributed by atoms with Crippen molar-refractivity contribution < 1.29 is 4.79 Å². The van der Waals surface area contributed by atoms with Crippen LogP contribution >= 0.6 is 0 Å². The van der Waals surface area contributed by atoms with Gasteiger partial charge in [-0.05, 0) is 32.0 Å². The summed E-state index contributed by atoms with van der Waals surface area (Å²) in [5.74, 6) is 1.21. The van der Waals surface area contributed by atoms with Crippen LogP contribution < -0.4 is 10.6 Å². The van der Waals surface area contributed by atoms with Crippen molar-refractivity contribution in [2.75, 3.05) is 12.4 Å². The molecule has 0 saturated carbocycles. The van der Waals surface area contributed by atoms with Crippen molar-refractivity contribution in [3.05, 3.63) is 47.2 Å². The van der Waals surface area contributed by atoms with Crippen LogP contribution in [0, 0.1) is 13.8 Å². The quantitative estimate of drug-likeness (QED) is 0.880. The molecule has 6 nitrogen and oxygen atoms in total. The van der Waals surface area contributed by atoms with Crippen LogP contribution in [-0.2, 0) is 6.54 Å². The summed E-state index contributed by atoms with van der Waals surface area (Å²) in [6.45, 7) is 4.04. The highest BCUT2D eigenvalue weighted by Gasteiger charge is 2.08. The van der Waals surface area contributed by atoms with Gasteiger partial charge in [-0.25, -0.2) is 15.0 Å². The number of carbonyl (C=O) groups is 1. The number of nitrogens with zero attached hydrogens (tertiary/aromatic N) is 3. The summed E-state index contributed by atoms with van der Waals surface area (Å²) >= 11 is 0. The van der Waals surface area contributed by atoms with Crippen LogP contribution in [0.1, 0.15) is 27.6 Å². The Kier molecular flexibility index (Phi) is 4.24. The molecule has 0 radical (unpaired) electrons. The maximum absolute atomic E-state index is 12.1. The van der Waals surface area contributed by atoms with E-state index in [0.717, 1.165) is 11.4 Å². The second-order valence-corrected chi connectivity index (χ2v) is 4.41. The van der Waals surface area contributed by atoms with Crippen LogP contribution in [0.15, 0.2) is 24.4 Å². The number of rotatable bonds is 4. The van der Waals surface area contributed by atoms with Gasteiger partial charge in [0.25, 0.3) is 5.91 Å². The predicted octanol–water partition coefficient (Wildman–Crippen LogP) is 1.46. The Morgan fingerprint density at radius 3 is 2.75 bits per heavy atom. The molecule has 0 atom stereocenters. The van der Waals surface area contributed by atoms with Crippen molar-refractivity contribution in [2.24, 2.45) is 0 Å². The average molecular weight is 271 g/mol. The molecule has 0 aromatic carbocycles. The van der Waals surface area contributed by atoms with Crippen LogP contribution in [0.25, 0.3) is 0 Å². The fraction of sp³-hybridized carbons (Fsp3) is 0.286. The molecule has 0 aliphatic heterocycles. The third kappa shape index (κ3) is 3.50. The van der Waals surface area contributed by atoms with Gasteiger partial charge in [0.05, 0.1) is 12.2 Å². The Balaban J connectivity index is 2.07. The maximum atomic E-state index is 12.1. The molecule has 0 bridgehead atoms. The number of pyridine rings is 1. The van der Waals surface area contributed by atoms with Gasteiger partial charge in [-0.1, -0.05) is 0 Å². The van der Waals surface area contributed by atoms with Gasteiger partial charge >= 0.3 is 0 Å². The summed E-state index contributed by atoms with van der Waals surface area (Å²) in [5, 5.41) is 5.77. The monoisotopic (exact) mass is 271 g/mol. The molecule has 2 heterocycles. The molecular formula is C14H17N5O. The molecule has 6 heteroatoms. The fourth-order valence-corrected chi connectivity index (χ4v) is 1.80. The van der Waals surface area contributed by atoms with Gasteiger partial charge in [-0.15, -0.1) is 0 Å². The third-order valence-electron chi connectivity index (χ3n) is 2.74. The van der Waals surface area contributed by atoms with Crippen LogP contribution in [0.4, 0.5) is 5.82 Å². The Bertz CT molecular complexity index is 627. The molecular weight excluding hydrogens is 254 g/mol. The number of nitrogens with one attached hydrogen (secondary N) is 2. The molecule has 20 heavy (non-hydrogen) atoms. The van der Waals surface area contributed by atoms with E-state index in [1.54, 1.807) is 31.4 Å². The van der Waals surface area contributed by atoms with E-state index in [1.165, 1.54) is 0 Å². The van der Waals surface area contributed by atoms with Crippen LogP contribution in [0.3, 0.4) is 0 Å². The summed E-state index contributed by atoms with van der Waals surface area (Å²) in [4.78, 5) is 24.6. The minimum atomic E-state index is -0.150.